The molecule has 1 saturated carbocycles. The third kappa shape index (κ3) is 4.22. The van der Waals surface area contributed by atoms with Crippen molar-refractivity contribution in [1.82, 2.24) is 5.43 Å². The van der Waals surface area contributed by atoms with E-state index in [1.165, 1.54) is 32.1 Å². The molecule has 0 aromatic carbocycles. The van der Waals surface area contributed by atoms with Gasteiger partial charge in [0.1, 0.15) is 0 Å². The largest absolute Gasteiger partial charge is 0.377 e. The van der Waals surface area contributed by atoms with Crippen LogP contribution in [0.4, 0.5) is 0 Å². The van der Waals surface area contributed by atoms with Gasteiger partial charge < -0.3 is 4.74 Å². The Bertz CT molecular complexity index is 205. The van der Waals surface area contributed by atoms with E-state index < -0.39 is 0 Å². The first-order chi connectivity index (χ1) is 8.78. The molecule has 1 fully saturated rings. The summed E-state index contributed by atoms with van der Waals surface area (Å²) in [5, 5.41) is 0. The highest BCUT2D eigenvalue weighted by molar-refractivity contribution is 4.88. The van der Waals surface area contributed by atoms with Crippen molar-refractivity contribution in [2.75, 3.05) is 6.61 Å². The van der Waals surface area contributed by atoms with Crippen molar-refractivity contribution < 1.29 is 4.74 Å². The van der Waals surface area contributed by atoms with Crippen molar-refractivity contribution in [2.45, 2.75) is 77.9 Å². The van der Waals surface area contributed by atoms with E-state index in [0.717, 1.165) is 25.4 Å². The maximum atomic E-state index is 5.94. The SMILES string of the molecule is CCCC(OCC)C(NN)C1CCCCC1CC. The van der Waals surface area contributed by atoms with Gasteiger partial charge in [-0.1, -0.05) is 46.0 Å². The van der Waals surface area contributed by atoms with Crippen LogP contribution in [0.5, 0.6) is 0 Å². The van der Waals surface area contributed by atoms with Gasteiger partial charge in [-0.3, -0.25) is 11.3 Å². The van der Waals surface area contributed by atoms with Crippen molar-refractivity contribution >= 4 is 0 Å². The van der Waals surface area contributed by atoms with E-state index in [4.69, 9.17) is 10.6 Å². The van der Waals surface area contributed by atoms with Crippen LogP contribution in [0, 0.1) is 11.8 Å². The van der Waals surface area contributed by atoms with E-state index in [1.807, 2.05) is 0 Å². The molecule has 3 heteroatoms. The van der Waals surface area contributed by atoms with Crippen LogP contribution in [0.15, 0.2) is 0 Å². The first-order valence-corrected chi connectivity index (χ1v) is 7.86. The van der Waals surface area contributed by atoms with Gasteiger partial charge in [-0.25, -0.2) is 0 Å². The average Bonchev–Trinajstić information content (AvgIpc) is 2.40. The number of nitrogens with two attached hydrogens (primary N) is 1. The standard InChI is InChI=1S/C15H32N2O/c1-4-9-14(18-6-3)15(17-16)13-11-8-7-10-12(13)5-2/h12-15,17H,4-11,16H2,1-3H3. The van der Waals surface area contributed by atoms with Gasteiger partial charge >= 0.3 is 0 Å². The zero-order chi connectivity index (χ0) is 13.4. The summed E-state index contributed by atoms with van der Waals surface area (Å²) in [6, 6.07) is 0.329. The molecule has 0 spiro atoms. The molecule has 0 bridgehead atoms. The van der Waals surface area contributed by atoms with Crippen LogP contribution >= 0.6 is 0 Å². The van der Waals surface area contributed by atoms with Gasteiger partial charge in [0, 0.05) is 6.61 Å². The monoisotopic (exact) mass is 256 g/mol. The molecule has 3 nitrogen and oxygen atoms in total. The molecule has 0 aromatic rings. The Balaban J connectivity index is 2.70. The van der Waals surface area contributed by atoms with E-state index in [9.17, 15) is 0 Å². The first-order valence-electron chi connectivity index (χ1n) is 7.86. The summed E-state index contributed by atoms with van der Waals surface area (Å²) in [7, 11) is 0. The minimum absolute atomic E-state index is 0.280. The molecule has 1 aliphatic carbocycles. The fourth-order valence-corrected chi connectivity index (χ4v) is 3.59. The van der Waals surface area contributed by atoms with Crippen LogP contribution < -0.4 is 11.3 Å². The second-order valence-corrected chi connectivity index (χ2v) is 5.59. The number of hydrogen-bond acceptors (Lipinski definition) is 3. The number of ether oxygens (including phenoxy) is 1. The smallest absolute Gasteiger partial charge is 0.0744 e. The lowest BCUT2D eigenvalue weighted by Crippen LogP contribution is -2.52. The van der Waals surface area contributed by atoms with Crippen LogP contribution in [-0.4, -0.2) is 18.8 Å². The second-order valence-electron chi connectivity index (χ2n) is 5.59. The normalized spacial score (nSPS) is 28.0. The molecule has 18 heavy (non-hydrogen) atoms. The van der Waals surface area contributed by atoms with Gasteiger partial charge in [0.05, 0.1) is 12.1 Å². The quantitative estimate of drug-likeness (QED) is 0.518. The number of rotatable bonds is 8. The molecule has 0 saturated heterocycles. The summed E-state index contributed by atoms with van der Waals surface area (Å²) in [6.07, 6.45) is 9.23. The van der Waals surface area contributed by atoms with Gasteiger partial charge in [0.2, 0.25) is 0 Å². The molecule has 1 aliphatic rings. The molecular weight excluding hydrogens is 224 g/mol. The topological polar surface area (TPSA) is 47.3 Å². The van der Waals surface area contributed by atoms with Gasteiger partial charge in [-0.2, -0.15) is 0 Å². The predicted octanol–water partition coefficient (Wildman–Crippen LogP) is 3.24. The predicted molar refractivity (Wildman–Crippen MR) is 77.2 cm³/mol. The molecule has 4 unspecified atom stereocenters. The van der Waals surface area contributed by atoms with E-state index in [1.54, 1.807) is 0 Å². The van der Waals surface area contributed by atoms with E-state index >= 15 is 0 Å². The summed E-state index contributed by atoms with van der Waals surface area (Å²) in [6.45, 7) is 7.39. The second kappa shape index (κ2) is 8.89. The molecule has 0 aromatic heterocycles. The van der Waals surface area contributed by atoms with Crippen molar-refractivity contribution in [3.63, 3.8) is 0 Å². The fourth-order valence-electron chi connectivity index (χ4n) is 3.59. The van der Waals surface area contributed by atoms with Crippen molar-refractivity contribution in [3.8, 4) is 0 Å². The highest BCUT2D eigenvalue weighted by Crippen LogP contribution is 2.36. The summed E-state index contributed by atoms with van der Waals surface area (Å²) in [5.74, 6) is 7.36. The minimum Gasteiger partial charge on any atom is -0.377 e. The van der Waals surface area contributed by atoms with Crippen LogP contribution in [0.25, 0.3) is 0 Å². The summed E-state index contributed by atoms with van der Waals surface area (Å²) >= 11 is 0. The Morgan fingerprint density at radius 1 is 1.22 bits per heavy atom. The Labute approximate surface area is 113 Å². The Kier molecular flexibility index (Phi) is 7.87. The Hall–Kier alpha value is -0.120. The Morgan fingerprint density at radius 2 is 1.94 bits per heavy atom. The lowest BCUT2D eigenvalue weighted by atomic mass is 9.72. The molecule has 0 heterocycles. The lowest BCUT2D eigenvalue weighted by molar-refractivity contribution is -0.00597. The van der Waals surface area contributed by atoms with Gasteiger partial charge in [-0.15, -0.1) is 0 Å². The molecule has 0 radical (unpaired) electrons. The summed E-state index contributed by atoms with van der Waals surface area (Å²) in [4.78, 5) is 0. The third-order valence-electron chi connectivity index (χ3n) is 4.50. The lowest BCUT2D eigenvalue weighted by Gasteiger charge is -2.40. The number of nitrogens with one attached hydrogen (secondary N) is 1. The third-order valence-corrected chi connectivity index (χ3v) is 4.50. The highest BCUT2D eigenvalue weighted by atomic mass is 16.5. The molecule has 3 N–H and O–H groups in total. The molecule has 4 atom stereocenters. The van der Waals surface area contributed by atoms with Crippen LogP contribution in [0.3, 0.4) is 0 Å². The van der Waals surface area contributed by atoms with Gasteiger partial charge in [-0.05, 0) is 31.6 Å². The summed E-state index contributed by atoms with van der Waals surface area (Å²) in [5.41, 5.74) is 3.08. The highest BCUT2D eigenvalue weighted by Gasteiger charge is 2.34. The van der Waals surface area contributed by atoms with Crippen molar-refractivity contribution in [3.05, 3.63) is 0 Å². The van der Waals surface area contributed by atoms with E-state index in [-0.39, 0.29) is 6.10 Å². The molecule has 108 valence electrons. The van der Waals surface area contributed by atoms with Crippen LogP contribution in [-0.2, 0) is 4.74 Å². The number of hydrazine groups is 1. The maximum absolute atomic E-state index is 5.94. The Morgan fingerprint density at radius 3 is 2.50 bits per heavy atom. The van der Waals surface area contributed by atoms with Gasteiger partial charge in [0.25, 0.3) is 0 Å². The molecule has 1 rings (SSSR count). The zero-order valence-corrected chi connectivity index (χ0v) is 12.5. The van der Waals surface area contributed by atoms with Crippen LogP contribution in [0.2, 0.25) is 0 Å². The molecule has 0 amide bonds. The molecular formula is C15H32N2O. The molecule has 0 aliphatic heterocycles. The average molecular weight is 256 g/mol. The summed E-state index contributed by atoms with van der Waals surface area (Å²) < 4.78 is 5.94. The van der Waals surface area contributed by atoms with Crippen molar-refractivity contribution in [1.29, 1.82) is 0 Å². The van der Waals surface area contributed by atoms with Crippen molar-refractivity contribution in [2.24, 2.45) is 17.7 Å². The zero-order valence-electron chi connectivity index (χ0n) is 12.5. The van der Waals surface area contributed by atoms with E-state index in [0.29, 0.717) is 12.0 Å². The first kappa shape index (κ1) is 15.9. The minimum atomic E-state index is 0.280. The van der Waals surface area contributed by atoms with Crippen LogP contribution in [0.1, 0.15) is 65.7 Å². The van der Waals surface area contributed by atoms with E-state index in [2.05, 4.69) is 26.2 Å². The van der Waals surface area contributed by atoms with Gasteiger partial charge in [0.15, 0.2) is 0 Å². The number of hydrogen-bond donors (Lipinski definition) is 2. The maximum Gasteiger partial charge on any atom is 0.0744 e. The fraction of sp³-hybridized carbons (Fsp3) is 1.00.